The number of fused-ring (bicyclic) bond motifs is 2. The second-order valence-electron chi connectivity index (χ2n) is 9.07. The molecule has 178 valence electrons. The number of nitrogens with two attached hydrogens (primary N) is 1. The number of β-amino-alcohol motifs (C(OH)–C–C–N with tert-alkyl or cyclic N) is 1. The summed E-state index contributed by atoms with van der Waals surface area (Å²) in [5, 5.41) is 22.0. The average molecular weight is 465 g/mol. The van der Waals surface area contributed by atoms with E-state index in [9.17, 15) is 15.0 Å². The van der Waals surface area contributed by atoms with Crippen molar-refractivity contribution in [2.24, 2.45) is 0 Å². The number of nitrogen functional groups attached to an aromatic ring is 1. The van der Waals surface area contributed by atoms with Gasteiger partial charge in [-0.2, -0.15) is 0 Å². The molecule has 4 N–H and O–H groups in total. The van der Waals surface area contributed by atoms with Gasteiger partial charge in [-0.25, -0.2) is 19.9 Å². The van der Waals surface area contributed by atoms with E-state index in [2.05, 4.69) is 19.9 Å². The Labute approximate surface area is 195 Å². The molecule has 1 fully saturated rings. The maximum atomic E-state index is 13.5. The molecule has 0 unspecified atom stereocenters. The quantitative estimate of drug-likeness (QED) is 0.404. The van der Waals surface area contributed by atoms with Gasteiger partial charge >= 0.3 is 0 Å². The number of para-hydroxylation sites is 2. The highest BCUT2D eigenvalue weighted by molar-refractivity contribution is 5.82. The lowest BCUT2D eigenvalue weighted by Crippen LogP contribution is -2.43. The molecular formula is C23H28N8O3. The summed E-state index contributed by atoms with van der Waals surface area (Å²) < 4.78 is 3.64. The van der Waals surface area contributed by atoms with Crippen molar-refractivity contribution >= 4 is 33.9 Å². The molecule has 1 amide bonds. The molecule has 0 saturated carbocycles. The van der Waals surface area contributed by atoms with E-state index in [1.807, 2.05) is 35.8 Å². The number of aliphatic hydroxyl groups is 2. The van der Waals surface area contributed by atoms with Crippen LogP contribution in [-0.2, 0) is 17.8 Å². The fourth-order valence-electron chi connectivity index (χ4n) is 4.91. The van der Waals surface area contributed by atoms with Crippen LogP contribution in [-0.4, -0.2) is 74.9 Å². The Hall–Kier alpha value is -3.57. The standard InChI is InChI=1S/C23H28N8O3/c1-3-18-28-15-6-4-5-7-16(15)30(18)11-19(33)29-9-14(32)8-23(2,34)17(10-29)31-13-27-20-21(24)25-12-26-22(20)31/h4-7,12-14,17,32,34H,3,8-11H2,1-2H3,(H2,24,25,26)/t14-,17+,23+/m0/s1. The number of hydrogen-bond donors (Lipinski definition) is 3. The van der Waals surface area contributed by atoms with Crippen LogP contribution in [0.25, 0.3) is 22.2 Å². The second kappa shape index (κ2) is 8.33. The number of imidazole rings is 2. The van der Waals surface area contributed by atoms with Gasteiger partial charge in [-0.3, -0.25) is 4.79 Å². The number of hydrogen-bond acceptors (Lipinski definition) is 8. The third kappa shape index (κ3) is 3.76. The summed E-state index contributed by atoms with van der Waals surface area (Å²) in [5.41, 5.74) is 7.24. The third-order valence-electron chi connectivity index (χ3n) is 6.61. The maximum Gasteiger partial charge on any atom is 0.242 e. The molecule has 0 radical (unpaired) electrons. The number of amides is 1. The zero-order valence-electron chi connectivity index (χ0n) is 19.2. The molecule has 34 heavy (non-hydrogen) atoms. The first kappa shape index (κ1) is 22.2. The topological polar surface area (TPSA) is 148 Å². The van der Waals surface area contributed by atoms with E-state index in [1.54, 1.807) is 22.7 Å². The van der Waals surface area contributed by atoms with Crippen LogP contribution in [0.1, 0.15) is 32.1 Å². The number of benzene rings is 1. The lowest BCUT2D eigenvalue weighted by molar-refractivity contribution is -0.133. The Kier molecular flexibility index (Phi) is 5.45. The van der Waals surface area contributed by atoms with E-state index in [4.69, 9.17) is 5.73 Å². The summed E-state index contributed by atoms with van der Waals surface area (Å²) in [4.78, 5) is 32.4. The van der Waals surface area contributed by atoms with E-state index in [1.165, 1.54) is 6.33 Å². The Balaban J connectivity index is 1.50. The van der Waals surface area contributed by atoms with Gasteiger partial charge in [0.2, 0.25) is 5.91 Å². The fraction of sp³-hybridized carbons (Fsp3) is 0.435. The van der Waals surface area contributed by atoms with Crippen molar-refractivity contribution in [3.8, 4) is 0 Å². The highest BCUT2D eigenvalue weighted by atomic mass is 16.3. The van der Waals surface area contributed by atoms with Crippen LogP contribution in [0.3, 0.4) is 0 Å². The molecule has 1 aliphatic rings. The van der Waals surface area contributed by atoms with E-state index < -0.39 is 17.7 Å². The minimum Gasteiger partial charge on any atom is -0.391 e. The highest BCUT2D eigenvalue weighted by Gasteiger charge is 2.42. The average Bonchev–Trinajstić information content (AvgIpc) is 3.35. The molecule has 3 atom stereocenters. The van der Waals surface area contributed by atoms with Gasteiger partial charge in [0.25, 0.3) is 0 Å². The first-order chi connectivity index (χ1) is 16.3. The summed E-state index contributed by atoms with van der Waals surface area (Å²) in [6.45, 7) is 4.04. The normalized spacial score (nSPS) is 23.5. The molecule has 5 rings (SSSR count). The number of aliphatic hydroxyl groups excluding tert-OH is 1. The van der Waals surface area contributed by atoms with Crippen LogP contribution in [0.15, 0.2) is 36.9 Å². The van der Waals surface area contributed by atoms with Crippen molar-refractivity contribution in [1.29, 1.82) is 0 Å². The summed E-state index contributed by atoms with van der Waals surface area (Å²) >= 11 is 0. The third-order valence-corrected chi connectivity index (χ3v) is 6.61. The summed E-state index contributed by atoms with van der Waals surface area (Å²) in [6.07, 6.45) is 2.78. The SMILES string of the molecule is CCc1nc2ccccc2n1CC(=O)N1C[C@@H](O)C[C@@](C)(O)[C@H](n2cnc3c(N)ncnc32)C1. The van der Waals surface area contributed by atoms with Crippen LogP contribution in [0, 0.1) is 0 Å². The second-order valence-corrected chi connectivity index (χ2v) is 9.07. The van der Waals surface area contributed by atoms with Crippen LogP contribution in [0.4, 0.5) is 5.82 Å². The molecular weight excluding hydrogens is 436 g/mol. The molecule has 11 nitrogen and oxygen atoms in total. The smallest absolute Gasteiger partial charge is 0.242 e. The van der Waals surface area contributed by atoms with E-state index in [-0.39, 0.29) is 37.8 Å². The van der Waals surface area contributed by atoms with Gasteiger partial charge in [0.05, 0.1) is 35.1 Å². The van der Waals surface area contributed by atoms with Gasteiger partial charge in [-0.1, -0.05) is 19.1 Å². The molecule has 0 bridgehead atoms. The number of aromatic nitrogens is 6. The first-order valence-electron chi connectivity index (χ1n) is 11.3. The highest BCUT2D eigenvalue weighted by Crippen LogP contribution is 2.34. The maximum absolute atomic E-state index is 13.5. The van der Waals surface area contributed by atoms with Crippen LogP contribution >= 0.6 is 0 Å². The van der Waals surface area contributed by atoms with Gasteiger partial charge in [-0.15, -0.1) is 0 Å². The number of nitrogens with zero attached hydrogens (tertiary/aromatic N) is 7. The minimum absolute atomic E-state index is 0.0884. The van der Waals surface area contributed by atoms with E-state index in [0.29, 0.717) is 17.6 Å². The fourth-order valence-corrected chi connectivity index (χ4v) is 4.91. The lowest BCUT2D eigenvalue weighted by Gasteiger charge is -2.34. The Morgan fingerprint density at radius 2 is 2.03 bits per heavy atom. The van der Waals surface area contributed by atoms with Crippen molar-refractivity contribution < 1.29 is 15.0 Å². The monoisotopic (exact) mass is 464 g/mol. The Morgan fingerprint density at radius 1 is 1.24 bits per heavy atom. The molecule has 3 aromatic heterocycles. The van der Waals surface area contributed by atoms with Crippen molar-refractivity contribution in [3.63, 3.8) is 0 Å². The first-order valence-corrected chi connectivity index (χ1v) is 11.3. The predicted molar refractivity (Wildman–Crippen MR) is 126 cm³/mol. The van der Waals surface area contributed by atoms with Gasteiger partial charge in [0.15, 0.2) is 11.5 Å². The predicted octanol–water partition coefficient (Wildman–Crippen LogP) is 0.906. The molecule has 4 heterocycles. The minimum atomic E-state index is -1.32. The zero-order valence-corrected chi connectivity index (χ0v) is 19.2. The van der Waals surface area contributed by atoms with Gasteiger partial charge < -0.3 is 30.0 Å². The van der Waals surface area contributed by atoms with Crippen molar-refractivity contribution in [2.45, 2.75) is 51.0 Å². The van der Waals surface area contributed by atoms with Crippen LogP contribution in [0.5, 0.6) is 0 Å². The molecule has 4 aromatic rings. The molecule has 0 spiro atoms. The molecule has 0 aliphatic carbocycles. The molecule has 1 saturated heterocycles. The van der Waals surface area contributed by atoms with Crippen molar-refractivity contribution in [2.75, 3.05) is 18.8 Å². The lowest BCUT2D eigenvalue weighted by atomic mass is 9.91. The van der Waals surface area contributed by atoms with E-state index >= 15 is 0 Å². The zero-order chi connectivity index (χ0) is 24.0. The molecule has 11 heteroatoms. The summed E-state index contributed by atoms with van der Waals surface area (Å²) in [7, 11) is 0. The summed E-state index contributed by atoms with van der Waals surface area (Å²) in [5.74, 6) is 0.892. The number of aryl methyl sites for hydroxylation is 1. The van der Waals surface area contributed by atoms with Gasteiger partial charge in [0.1, 0.15) is 24.2 Å². The summed E-state index contributed by atoms with van der Waals surface area (Å²) in [6, 6.07) is 7.12. The number of carbonyl (C=O) groups excluding carboxylic acids is 1. The van der Waals surface area contributed by atoms with Crippen LogP contribution in [0.2, 0.25) is 0 Å². The number of likely N-dealkylation sites (tertiary alicyclic amines) is 1. The molecule has 1 aromatic carbocycles. The number of anilines is 1. The largest absolute Gasteiger partial charge is 0.391 e. The Morgan fingerprint density at radius 3 is 2.82 bits per heavy atom. The van der Waals surface area contributed by atoms with Crippen LogP contribution < -0.4 is 5.73 Å². The van der Waals surface area contributed by atoms with Crippen molar-refractivity contribution in [3.05, 3.63) is 42.7 Å². The van der Waals surface area contributed by atoms with E-state index in [0.717, 1.165) is 16.9 Å². The van der Waals surface area contributed by atoms with Gasteiger partial charge in [-0.05, 0) is 19.1 Å². The van der Waals surface area contributed by atoms with Gasteiger partial charge in [0, 0.05) is 25.9 Å². The number of carbonyl (C=O) groups is 1. The van der Waals surface area contributed by atoms with Crippen molar-refractivity contribution in [1.82, 2.24) is 34.0 Å². The molecule has 1 aliphatic heterocycles. The Bertz CT molecular complexity index is 1360. The number of rotatable bonds is 4.